The Morgan fingerprint density at radius 2 is 1.80 bits per heavy atom. The van der Waals surface area contributed by atoms with E-state index >= 15 is 0 Å². The molecule has 0 fully saturated rings. The minimum absolute atomic E-state index is 0.172. The number of hydrogen-bond acceptors (Lipinski definition) is 1. The molecule has 1 nitrogen and oxygen atoms in total. The highest BCUT2D eigenvalue weighted by Gasteiger charge is 2.15. The molecule has 0 saturated heterocycles. The third kappa shape index (κ3) is 3.27. The minimum atomic E-state index is -0.653. The van der Waals surface area contributed by atoms with Crippen molar-refractivity contribution in [2.45, 2.75) is 13.0 Å². The normalized spacial score (nSPS) is 12.3. The SMILES string of the molecule is CC(Nc1c(Cl)cc(F)cc1Br)c1ccc(F)cc1F. The molecule has 0 aromatic heterocycles. The van der Waals surface area contributed by atoms with E-state index in [-0.39, 0.29) is 5.02 Å². The third-order valence-electron chi connectivity index (χ3n) is 2.80. The van der Waals surface area contributed by atoms with E-state index in [9.17, 15) is 13.2 Å². The fourth-order valence-corrected chi connectivity index (χ4v) is 2.75. The van der Waals surface area contributed by atoms with Crippen LogP contribution in [-0.2, 0) is 0 Å². The first-order valence-electron chi connectivity index (χ1n) is 5.74. The summed E-state index contributed by atoms with van der Waals surface area (Å²) in [7, 11) is 0. The summed E-state index contributed by atoms with van der Waals surface area (Å²) in [5.41, 5.74) is 0.739. The number of anilines is 1. The van der Waals surface area contributed by atoms with Gasteiger partial charge in [0.25, 0.3) is 0 Å². The lowest BCUT2D eigenvalue weighted by Crippen LogP contribution is -2.10. The van der Waals surface area contributed by atoms with E-state index in [2.05, 4.69) is 21.2 Å². The summed E-state index contributed by atoms with van der Waals surface area (Å²) in [6.45, 7) is 1.70. The van der Waals surface area contributed by atoms with Crippen LogP contribution in [0, 0.1) is 17.5 Å². The number of rotatable bonds is 3. The van der Waals surface area contributed by atoms with E-state index in [0.717, 1.165) is 12.1 Å². The summed E-state index contributed by atoms with van der Waals surface area (Å²) in [5.74, 6) is -1.77. The zero-order valence-corrected chi connectivity index (χ0v) is 12.7. The molecule has 0 aliphatic carbocycles. The predicted molar refractivity (Wildman–Crippen MR) is 77.5 cm³/mol. The van der Waals surface area contributed by atoms with E-state index in [1.807, 2.05) is 0 Å². The van der Waals surface area contributed by atoms with E-state index < -0.39 is 23.5 Å². The van der Waals surface area contributed by atoms with Gasteiger partial charge in [-0.05, 0) is 41.1 Å². The number of halogens is 5. The molecule has 1 atom stereocenters. The maximum Gasteiger partial charge on any atom is 0.131 e. The average molecular weight is 365 g/mol. The zero-order valence-electron chi connectivity index (χ0n) is 10.4. The maximum atomic E-state index is 13.7. The molecule has 1 N–H and O–H groups in total. The van der Waals surface area contributed by atoms with Crippen LogP contribution in [0.4, 0.5) is 18.9 Å². The van der Waals surface area contributed by atoms with E-state index in [1.165, 1.54) is 18.2 Å². The van der Waals surface area contributed by atoms with Crippen molar-refractivity contribution in [2.75, 3.05) is 5.32 Å². The minimum Gasteiger partial charge on any atom is -0.376 e. The summed E-state index contributed by atoms with van der Waals surface area (Å²) in [5, 5.41) is 3.15. The zero-order chi connectivity index (χ0) is 14.9. The van der Waals surface area contributed by atoms with Crippen LogP contribution < -0.4 is 5.32 Å². The molecule has 1 unspecified atom stereocenters. The summed E-state index contributed by atoms with van der Waals surface area (Å²) >= 11 is 9.13. The Morgan fingerprint density at radius 3 is 2.40 bits per heavy atom. The molecule has 0 spiro atoms. The first kappa shape index (κ1) is 15.2. The Labute approximate surface area is 127 Å². The van der Waals surface area contributed by atoms with Gasteiger partial charge >= 0.3 is 0 Å². The van der Waals surface area contributed by atoms with Gasteiger partial charge in [-0.3, -0.25) is 0 Å². The molecule has 2 aromatic carbocycles. The predicted octanol–water partition coefficient (Wildman–Crippen LogP) is 5.69. The monoisotopic (exact) mass is 363 g/mol. The first-order chi connectivity index (χ1) is 9.38. The van der Waals surface area contributed by atoms with Crippen molar-refractivity contribution in [1.82, 2.24) is 0 Å². The molecule has 0 bridgehead atoms. The Kier molecular flexibility index (Phi) is 4.60. The quantitative estimate of drug-likeness (QED) is 0.737. The van der Waals surface area contributed by atoms with Crippen LogP contribution in [0.5, 0.6) is 0 Å². The molecule has 106 valence electrons. The lowest BCUT2D eigenvalue weighted by molar-refractivity contribution is 0.566. The molecule has 2 rings (SSSR count). The van der Waals surface area contributed by atoms with Gasteiger partial charge in [-0.2, -0.15) is 0 Å². The van der Waals surface area contributed by atoms with Crippen LogP contribution in [0.1, 0.15) is 18.5 Å². The Hall–Kier alpha value is -1.20. The van der Waals surface area contributed by atoms with Gasteiger partial charge in [0.05, 0.1) is 16.8 Å². The van der Waals surface area contributed by atoms with Crippen LogP contribution in [0.25, 0.3) is 0 Å². The first-order valence-corrected chi connectivity index (χ1v) is 6.91. The summed E-state index contributed by atoms with van der Waals surface area (Å²) in [6, 6.07) is 5.29. The topological polar surface area (TPSA) is 12.0 Å². The summed E-state index contributed by atoms with van der Waals surface area (Å²) in [6.07, 6.45) is 0. The second kappa shape index (κ2) is 6.06. The van der Waals surface area contributed by atoms with Crippen LogP contribution in [0.3, 0.4) is 0 Å². The van der Waals surface area contributed by atoms with Gasteiger partial charge in [-0.15, -0.1) is 0 Å². The molecule has 0 saturated carbocycles. The van der Waals surface area contributed by atoms with Crippen LogP contribution in [0.2, 0.25) is 5.02 Å². The summed E-state index contributed by atoms with van der Waals surface area (Å²) in [4.78, 5) is 0. The number of hydrogen-bond donors (Lipinski definition) is 1. The highest BCUT2D eigenvalue weighted by molar-refractivity contribution is 9.10. The van der Waals surface area contributed by atoms with Crippen molar-refractivity contribution in [3.63, 3.8) is 0 Å². The highest BCUT2D eigenvalue weighted by Crippen LogP contribution is 2.34. The molecule has 20 heavy (non-hydrogen) atoms. The Balaban J connectivity index is 2.30. The third-order valence-corrected chi connectivity index (χ3v) is 3.72. The highest BCUT2D eigenvalue weighted by atomic mass is 79.9. The summed E-state index contributed by atoms with van der Waals surface area (Å²) < 4.78 is 40.1. The van der Waals surface area contributed by atoms with Crippen molar-refractivity contribution in [3.8, 4) is 0 Å². The van der Waals surface area contributed by atoms with E-state index in [0.29, 0.717) is 15.7 Å². The molecular weight excluding hydrogens is 355 g/mol. The second-order valence-electron chi connectivity index (χ2n) is 4.28. The lowest BCUT2D eigenvalue weighted by Gasteiger charge is -2.18. The van der Waals surface area contributed by atoms with E-state index in [1.54, 1.807) is 6.92 Å². The molecule has 0 heterocycles. The van der Waals surface area contributed by atoms with Crippen molar-refractivity contribution in [3.05, 3.63) is 62.8 Å². The van der Waals surface area contributed by atoms with Gasteiger partial charge in [0.2, 0.25) is 0 Å². The van der Waals surface area contributed by atoms with Gasteiger partial charge in [0.1, 0.15) is 17.5 Å². The van der Waals surface area contributed by atoms with Crippen molar-refractivity contribution < 1.29 is 13.2 Å². The van der Waals surface area contributed by atoms with Crippen molar-refractivity contribution in [1.29, 1.82) is 0 Å². The largest absolute Gasteiger partial charge is 0.376 e. The van der Waals surface area contributed by atoms with Gasteiger partial charge in [0.15, 0.2) is 0 Å². The standard InChI is InChI=1S/C14H10BrClF3N/c1-7(10-3-2-8(17)6-13(10)19)20-14-11(15)4-9(18)5-12(14)16/h2-7,20H,1H3. The van der Waals surface area contributed by atoms with Gasteiger partial charge in [0, 0.05) is 16.1 Å². The smallest absolute Gasteiger partial charge is 0.131 e. The molecular formula is C14H10BrClF3N. The maximum absolute atomic E-state index is 13.7. The van der Waals surface area contributed by atoms with Crippen molar-refractivity contribution >= 4 is 33.2 Å². The van der Waals surface area contributed by atoms with Crippen LogP contribution >= 0.6 is 27.5 Å². The van der Waals surface area contributed by atoms with Crippen LogP contribution in [-0.4, -0.2) is 0 Å². The fourth-order valence-electron chi connectivity index (χ4n) is 1.83. The van der Waals surface area contributed by atoms with Gasteiger partial charge < -0.3 is 5.32 Å². The molecule has 2 aromatic rings. The van der Waals surface area contributed by atoms with Gasteiger partial charge in [-0.1, -0.05) is 17.7 Å². The van der Waals surface area contributed by atoms with Crippen LogP contribution in [0.15, 0.2) is 34.8 Å². The Bertz CT molecular complexity index is 625. The average Bonchev–Trinajstić information content (AvgIpc) is 2.33. The van der Waals surface area contributed by atoms with Crippen molar-refractivity contribution in [2.24, 2.45) is 0 Å². The lowest BCUT2D eigenvalue weighted by atomic mass is 10.1. The Morgan fingerprint density at radius 1 is 1.10 bits per heavy atom. The molecule has 0 radical (unpaired) electrons. The fraction of sp³-hybridized carbons (Fsp3) is 0.143. The molecule has 6 heteroatoms. The molecule has 0 aliphatic heterocycles. The molecule has 0 amide bonds. The van der Waals surface area contributed by atoms with E-state index in [4.69, 9.17) is 11.6 Å². The van der Waals surface area contributed by atoms with Gasteiger partial charge in [-0.25, -0.2) is 13.2 Å². The second-order valence-corrected chi connectivity index (χ2v) is 5.54. The number of benzene rings is 2. The molecule has 0 aliphatic rings. The number of nitrogens with one attached hydrogen (secondary N) is 1.